The Balaban J connectivity index is 1.87. The molecule has 0 saturated carbocycles. The number of nitriles is 1. The van der Waals surface area contributed by atoms with Crippen LogP contribution in [0.5, 0.6) is 0 Å². The van der Waals surface area contributed by atoms with Crippen molar-refractivity contribution >= 4 is 22.2 Å². The van der Waals surface area contributed by atoms with Gasteiger partial charge in [0.15, 0.2) is 5.13 Å². The van der Waals surface area contributed by atoms with Crippen molar-refractivity contribution in [2.75, 3.05) is 5.32 Å². The number of nitrogens with one attached hydrogen (secondary N) is 1. The summed E-state index contributed by atoms with van der Waals surface area (Å²) in [5.74, 6) is -0.416. The van der Waals surface area contributed by atoms with E-state index in [1.165, 1.54) is 23.4 Å². The molecule has 0 fully saturated rings. The largest absolute Gasteiger partial charge is 0.331 e. The third-order valence-electron chi connectivity index (χ3n) is 2.87. The van der Waals surface area contributed by atoms with Crippen LogP contribution >= 0.6 is 11.3 Å². The average Bonchev–Trinajstić information content (AvgIpc) is 2.88. The van der Waals surface area contributed by atoms with Crippen molar-refractivity contribution in [2.45, 2.75) is 19.3 Å². The summed E-state index contributed by atoms with van der Waals surface area (Å²) in [5.41, 5.74) is 2.03. The number of rotatable bonds is 2. The molecule has 1 aliphatic carbocycles. The molecule has 0 radical (unpaired) electrons. The quantitative estimate of drug-likeness (QED) is 0.899. The van der Waals surface area contributed by atoms with E-state index in [0.717, 1.165) is 23.7 Å². The molecule has 90 valence electrons. The maximum Gasteiger partial charge on any atom is 0.187 e. The van der Waals surface area contributed by atoms with Gasteiger partial charge in [-0.05, 0) is 37.5 Å². The third-order valence-corrected chi connectivity index (χ3v) is 3.95. The molecule has 3 nitrogen and oxygen atoms in total. The number of aryl methyl sites for hydroxylation is 2. The lowest BCUT2D eigenvalue weighted by atomic mass is 10.2. The summed E-state index contributed by atoms with van der Waals surface area (Å²) in [6, 6.07) is 6.14. The van der Waals surface area contributed by atoms with Crippen LogP contribution in [0.1, 0.15) is 22.6 Å². The van der Waals surface area contributed by atoms with Crippen molar-refractivity contribution in [3.8, 4) is 6.07 Å². The first kappa shape index (κ1) is 11.2. The number of anilines is 2. The molecule has 18 heavy (non-hydrogen) atoms. The Hall–Kier alpha value is -1.93. The standard InChI is InChI=1S/C13H10FN3S/c14-9-4-8(7-15)5-10(6-9)16-13-17-11-2-1-3-12(11)18-13/h4-6H,1-3H2,(H,16,17). The van der Waals surface area contributed by atoms with E-state index in [1.54, 1.807) is 17.4 Å². The molecular weight excluding hydrogens is 249 g/mol. The minimum atomic E-state index is -0.416. The first-order valence-electron chi connectivity index (χ1n) is 5.71. The van der Waals surface area contributed by atoms with Crippen molar-refractivity contribution in [1.29, 1.82) is 5.26 Å². The molecule has 0 amide bonds. The fourth-order valence-corrected chi connectivity index (χ4v) is 3.16. The average molecular weight is 259 g/mol. The van der Waals surface area contributed by atoms with Crippen LogP contribution in [-0.2, 0) is 12.8 Å². The van der Waals surface area contributed by atoms with Crippen LogP contribution < -0.4 is 5.32 Å². The monoisotopic (exact) mass is 259 g/mol. The summed E-state index contributed by atoms with van der Waals surface area (Å²) in [4.78, 5) is 5.79. The smallest absolute Gasteiger partial charge is 0.187 e. The second-order valence-electron chi connectivity index (χ2n) is 4.21. The zero-order valence-corrected chi connectivity index (χ0v) is 10.4. The molecule has 5 heteroatoms. The number of thiazole rings is 1. The van der Waals surface area contributed by atoms with E-state index in [1.807, 2.05) is 6.07 Å². The number of nitrogens with zero attached hydrogens (tertiary/aromatic N) is 2. The van der Waals surface area contributed by atoms with Crippen molar-refractivity contribution in [1.82, 2.24) is 4.98 Å². The molecule has 0 unspecified atom stereocenters. The highest BCUT2D eigenvalue weighted by atomic mass is 32.1. The lowest BCUT2D eigenvalue weighted by Crippen LogP contribution is -1.92. The van der Waals surface area contributed by atoms with E-state index in [0.29, 0.717) is 11.3 Å². The Labute approximate surface area is 108 Å². The van der Waals surface area contributed by atoms with E-state index in [2.05, 4.69) is 10.3 Å². The zero-order chi connectivity index (χ0) is 12.5. The van der Waals surface area contributed by atoms with Gasteiger partial charge >= 0.3 is 0 Å². The number of fused-ring (bicyclic) bond motifs is 1. The van der Waals surface area contributed by atoms with E-state index in [-0.39, 0.29) is 0 Å². The summed E-state index contributed by atoms with van der Waals surface area (Å²) in [6.45, 7) is 0. The van der Waals surface area contributed by atoms with Gasteiger partial charge in [-0.15, -0.1) is 11.3 Å². The molecule has 1 aromatic carbocycles. The summed E-state index contributed by atoms with van der Waals surface area (Å²) in [6.07, 6.45) is 3.29. The summed E-state index contributed by atoms with van der Waals surface area (Å²) < 4.78 is 13.3. The van der Waals surface area contributed by atoms with Gasteiger partial charge in [0.1, 0.15) is 5.82 Å². The predicted molar refractivity (Wildman–Crippen MR) is 68.5 cm³/mol. The van der Waals surface area contributed by atoms with Gasteiger partial charge < -0.3 is 5.32 Å². The molecule has 0 spiro atoms. The highest BCUT2D eigenvalue weighted by Crippen LogP contribution is 2.32. The van der Waals surface area contributed by atoms with Gasteiger partial charge in [0, 0.05) is 10.6 Å². The van der Waals surface area contributed by atoms with Gasteiger partial charge in [-0.1, -0.05) is 0 Å². The van der Waals surface area contributed by atoms with Gasteiger partial charge in [-0.25, -0.2) is 9.37 Å². The van der Waals surface area contributed by atoms with Gasteiger partial charge in [-0.2, -0.15) is 5.26 Å². The van der Waals surface area contributed by atoms with E-state index in [9.17, 15) is 4.39 Å². The molecule has 0 saturated heterocycles. The van der Waals surface area contributed by atoms with Gasteiger partial charge in [0.25, 0.3) is 0 Å². The fraction of sp³-hybridized carbons (Fsp3) is 0.231. The number of benzene rings is 1. The van der Waals surface area contributed by atoms with E-state index < -0.39 is 5.82 Å². The Morgan fingerprint density at radius 1 is 1.33 bits per heavy atom. The number of hydrogen-bond acceptors (Lipinski definition) is 4. The Morgan fingerprint density at radius 2 is 2.22 bits per heavy atom. The van der Waals surface area contributed by atoms with Crippen molar-refractivity contribution in [3.05, 3.63) is 40.2 Å². The maximum atomic E-state index is 13.3. The molecule has 1 aliphatic rings. The predicted octanol–water partition coefficient (Wildman–Crippen LogP) is 3.39. The van der Waals surface area contributed by atoms with Crippen LogP contribution in [0.2, 0.25) is 0 Å². The Bertz CT molecular complexity index is 621. The van der Waals surface area contributed by atoms with E-state index >= 15 is 0 Å². The van der Waals surface area contributed by atoms with Crippen LogP contribution in [0.3, 0.4) is 0 Å². The summed E-state index contributed by atoms with van der Waals surface area (Å²) in [5, 5.41) is 12.6. The number of halogens is 1. The molecule has 3 rings (SSSR count). The molecule has 0 atom stereocenters. The van der Waals surface area contributed by atoms with Crippen LogP contribution in [0.4, 0.5) is 15.2 Å². The summed E-state index contributed by atoms with van der Waals surface area (Å²) in [7, 11) is 0. The summed E-state index contributed by atoms with van der Waals surface area (Å²) >= 11 is 1.61. The van der Waals surface area contributed by atoms with Crippen LogP contribution in [0.15, 0.2) is 18.2 Å². The number of aromatic nitrogens is 1. The Kier molecular flexibility index (Phi) is 2.73. The highest BCUT2D eigenvalue weighted by molar-refractivity contribution is 7.15. The van der Waals surface area contributed by atoms with Crippen molar-refractivity contribution < 1.29 is 4.39 Å². The normalized spacial score (nSPS) is 13.1. The van der Waals surface area contributed by atoms with Crippen molar-refractivity contribution in [3.63, 3.8) is 0 Å². The molecular formula is C13H10FN3S. The zero-order valence-electron chi connectivity index (χ0n) is 9.53. The lowest BCUT2D eigenvalue weighted by Gasteiger charge is -2.03. The SMILES string of the molecule is N#Cc1cc(F)cc(Nc2nc3c(s2)CCC3)c1. The first-order chi connectivity index (χ1) is 8.74. The molecule has 0 aliphatic heterocycles. The van der Waals surface area contributed by atoms with E-state index in [4.69, 9.17) is 5.26 Å². The molecule has 1 aromatic heterocycles. The minimum Gasteiger partial charge on any atom is -0.331 e. The maximum absolute atomic E-state index is 13.3. The fourth-order valence-electron chi connectivity index (χ4n) is 2.09. The molecule has 1 heterocycles. The third kappa shape index (κ3) is 2.07. The van der Waals surface area contributed by atoms with Gasteiger partial charge in [-0.3, -0.25) is 0 Å². The minimum absolute atomic E-state index is 0.307. The molecule has 1 N–H and O–H groups in total. The molecule has 0 bridgehead atoms. The van der Waals surface area contributed by atoms with Gasteiger partial charge in [0.2, 0.25) is 0 Å². The lowest BCUT2D eigenvalue weighted by molar-refractivity contribution is 0.628. The van der Waals surface area contributed by atoms with Gasteiger partial charge in [0.05, 0.1) is 17.3 Å². The number of hydrogen-bond donors (Lipinski definition) is 1. The second kappa shape index (κ2) is 4.39. The van der Waals surface area contributed by atoms with Crippen molar-refractivity contribution in [2.24, 2.45) is 0 Å². The Morgan fingerprint density at radius 3 is 3.00 bits per heavy atom. The van der Waals surface area contributed by atoms with Crippen LogP contribution in [-0.4, -0.2) is 4.98 Å². The first-order valence-corrected chi connectivity index (χ1v) is 6.52. The highest BCUT2D eigenvalue weighted by Gasteiger charge is 2.16. The second-order valence-corrected chi connectivity index (χ2v) is 5.29. The topological polar surface area (TPSA) is 48.7 Å². The van der Waals surface area contributed by atoms with Crippen LogP contribution in [0, 0.1) is 17.1 Å². The van der Waals surface area contributed by atoms with Crippen LogP contribution in [0.25, 0.3) is 0 Å². The molecule has 2 aromatic rings.